The Morgan fingerprint density at radius 1 is 1.25 bits per heavy atom. The molecule has 1 amide bonds. The van der Waals surface area contributed by atoms with Gasteiger partial charge in [0.15, 0.2) is 0 Å². The highest BCUT2D eigenvalue weighted by Gasteiger charge is 2.35. The molecule has 3 rings (SSSR count). The Balaban J connectivity index is 1.58. The van der Waals surface area contributed by atoms with Crippen molar-refractivity contribution >= 4 is 16.8 Å². The van der Waals surface area contributed by atoms with E-state index in [-0.39, 0.29) is 11.8 Å². The molecule has 1 saturated carbocycles. The quantitative estimate of drug-likeness (QED) is 0.864. The largest absolute Gasteiger partial charge is 0.354 e. The van der Waals surface area contributed by atoms with Gasteiger partial charge in [0.2, 0.25) is 5.91 Å². The Labute approximate surface area is 145 Å². The number of carbonyl (C=O) groups excluding carboxylic acids is 1. The first-order chi connectivity index (χ1) is 11.6. The van der Waals surface area contributed by atoms with Crippen LogP contribution in [0.1, 0.15) is 40.0 Å². The van der Waals surface area contributed by atoms with Crippen LogP contribution < -0.4 is 5.32 Å². The summed E-state index contributed by atoms with van der Waals surface area (Å²) >= 11 is 0. The fraction of sp³-hybridized carbons (Fsp3) is 0.571. The molecule has 1 aromatic heterocycles. The van der Waals surface area contributed by atoms with Crippen LogP contribution in [0.2, 0.25) is 0 Å². The molecule has 1 fully saturated rings. The second kappa shape index (κ2) is 7.42. The van der Waals surface area contributed by atoms with E-state index in [1.807, 2.05) is 0 Å². The number of amides is 1. The summed E-state index contributed by atoms with van der Waals surface area (Å²) in [6, 6.07) is 10.5. The molecule has 0 spiro atoms. The van der Waals surface area contributed by atoms with Gasteiger partial charge in [-0.3, -0.25) is 4.79 Å². The molecule has 0 saturated heterocycles. The molecular weight excluding hydrogens is 296 g/mol. The first-order valence-electron chi connectivity index (χ1n) is 9.38. The van der Waals surface area contributed by atoms with E-state index in [0.29, 0.717) is 24.3 Å². The standard InChI is InChI=1S/C21H30N2O/c1-15(2)18-9-8-16(3)14-19(18)21(24)22-11-13-23-12-10-17-6-4-5-7-20(17)23/h4-7,10,12,15-16,18-19H,8-9,11,13-14H2,1-3H3,(H,22,24)/t16-,18?,19-/m1/s1. The lowest BCUT2D eigenvalue weighted by Crippen LogP contribution is -2.41. The van der Waals surface area contributed by atoms with Crippen molar-refractivity contribution in [3.05, 3.63) is 36.5 Å². The van der Waals surface area contributed by atoms with Crippen molar-refractivity contribution in [3.63, 3.8) is 0 Å². The third kappa shape index (κ3) is 3.66. The fourth-order valence-electron chi connectivity index (χ4n) is 4.27. The van der Waals surface area contributed by atoms with Crippen LogP contribution in [0.3, 0.4) is 0 Å². The van der Waals surface area contributed by atoms with E-state index >= 15 is 0 Å². The minimum atomic E-state index is 0.190. The second-order valence-electron chi connectivity index (χ2n) is 7.79. The fourth-order valence-corrected chi connectivity index (χ4v) is 4.27. The van der Waals surface area contributed by atoms with E-state index in [1.165, 1.54) is 23.7 Å². The highest BCUT2D eigenvalue weighted by atomic mass is 16.1. The summed E-state index contributed by atoms with van der Waals surface area (Å²) in [4.78, 5) is 12.7. The minimum absolute atomic E-state index is 0.190. The predicted molar refractivity (Wildman–Crippen MR) is 99.8 cm³/mol. The number of rotatable bonds is 5. The molecule has 1 N–H and O–H groups in total. The summed E-state index contributed by atoms with van der Waals surface area (Å²) in [6.45, 7) is 8.32. The van der Waals surface area contributed by atoms with Gasteiger partial charge in [0.25, 0.3) is 0 Å². The molecule has 24 heavy (non-hydrogen) atoms. The maximum absolute atomic E-state index is 12.7. The average Bonchev–Trinajstić information content (AvgIpc) is 2.98. The number of hydrogen-bond acceptors (Lipinski definition) is 1. The number of benzene rings is 1. The van der Waals surface area contributed by atoms with Crippen molar-refractivity contribution in [2.75, 3.05) is 6.54 Å². The zero-order chi connectivity index (χ0) is 17.1. The van der Waals surface area contributed by atoms with Gasteiger partial charge in [-0.1, -0.05) is 45.4 Å². The van der Waals surface area contributed by atoms with Crippen LogP contribution in [0.5, 0.6) is 0 Å². The molecule has 0 aliphatic heterocycles. The molecule has 0 radical (unpaired) electrons. The van der Waals surface area contributed by atoms with E-state index < -0.39 is 0 Å². The molecule has 1 aliphatic rings. The number of para-hydroxylation sites is 1. The van der Waals surface area contributed by atoms with Crippen molar-refractivity contribution in [2.45, 2.75) is 46.6 Å². The number of fused-ring (bicyclic) bond motifs is 1. The SMILES string of the molecule is CC(C)C1CC[C@@H](C)C[C@H]1C(=O)NCCn1ccc2ccccc21. The van der Waals surface area contributed by atoms with E-state index in [9.17, 15) is 4.79 Å². The van der Waals surface area contributed by atoms with Crippen molar-refractivity contribution in [2.24, 2.45) is 23.7 Å². The van der Waals surface area contributed by atoms with Gasteiger partial charge in [0, 0.05) is 30.7 Å². The van der Waals surface area contributed by atoms with E-state index in [2.05, 4.69) is 67.2 Å². The van der Waals surface area contributed by atoms with E-state index in [1.54, 1.807) is 0 Å². The number of carbonyl (C=O) groups is 1. The van der Waals surface area contributed by atoms with Crippen LogP contribution >= 0.6 is 0 Å². The monoisotopic (exact) mass is 326 g/mol. The van der Waals surface area contributed by atoms with Crippen LogP contribution in [-0.4, -0.2) is 17.0 Å². The highest BCUT2D eigenvalue weighted by Crippen LogP contribution is 2.38. The maximum atomic E-state index is 12.7. The molecule has 1 aliphatic carbocycles. The molecule has 3 nitrogen and oxygen atoms in total. The lowest BCUT2D eigenvalue weighted by molar-refractivity contribution is -0.129. The van der Waals surface area contributed by atoms with Crippen molar-refractivity contribution in [1.82, 2.24) is 9.88 Å². The first kappa shape index (κ1) is 17.1. The molecule has 3 atom stereocenters. The van der Waals surface area contributed by atoms with Crippen molar-refractivity contribution in [3.8, 4) is 0 Å². The Morgan fingerprint density at radius 2 is 2.04 bits per heavy atom. The molecule has 1 aromatic carbocycles. The van der Waals surface area contributed by atoms with E-state index in [4.69, 9.17) is 0 Å². The predicted octanol–water partition coefficient (Wildman–Crippen LogP) is 4.47. The highest BCUT2D eigenvalue weighted by molar-refractivity contribution is 5.80. The summed E-state index contributed by atoms with van der Waals surface area (Å²) in [5.74, 6) is 2.24. The van der Waals surface area contributed by atoms with Gasteiger partial charge in [-0.15, -0.1) is 0 Å². The lowest BCUT2D eigenvalue weighted by atomic mass is 9.70. The maximum Gasteiger partial charge on any atom is 0.223 e. The van der Waals surface area contributed by atoms with Crippen LogP contribution in [0, 0.1) is 23.7 Å². The summed E-state index contributed by atoms with van der Waals surface area (Å²) in [7, 11) is 0. The first-order valence-corrected chi connectivity index (χ1v) is 9.38. The topological polar surface area (TPSA) is 34.0 Å². The third-order valence-electron chi connectivity index (χ3n) is 5.69. The third-order valence-corrected chi connectivity index (χ3v) is 5.69. The van der Waals surface area contributed by atoms with Gasteiger partial charge >= 0.3 is 0 Å². The van der Waals surface area contributed by atoms with Gasteiger partial charge in [0.05, 0.1) is 0 Å². The summed E-state index contributed by atoms with van der Waals surface area (Å²) < 4.78 is 2.22. The van der Waals surface area contributed by atoms with Crippen molar-refractivity contribution in [1.29, 1.82) is 0 Å². The Bertz CT molecular complexity index is 688. The number of aromatic nitrogens is 1. The summed E-state index contributed by atoms with van der Waals surface area (Å²) in [5.41, 5.74) is 1.23. The smallest absolute Gasteiger partial charge is 0.223 e. The number of nitrogens with one attached hydrogen (secondary N) is 1. The zero-order valence-electron chi connectivity index (χ0n) is 15.2. The van der Waals surface area contributed by atoms with Gasteiger partial charge < -0.3 is 9.88 Å². The molecular formula is C21H30N2O. The summed E-state index contributed by atoms with van der Waals surface area (Å²) in [6.07, 6.45) is 5.61. The number of nitrogens with zero attached hydrogens (tertiary/aromatic N) is 1. The average molecular weight is 326 g/mol. The Kier molecular flexibility index (Phi) is 5.27. The summed E-state index contributed by atoms with van der Waals surface area (Å²) in [5, 5.41) is 4.46. The number of hydrogen-bond donors (Lipinski definition) is 1. The molecule has 1 unspecified atom stereocenters. The van der Waals surface area contributed by atoms with Crippen LogP contribution in [0.25, 0.3) is 10.9 Å². The van der Waals surface area contributed by atoms with Crippen LogP contribution in [0.4, 0.5) is 0 Å². The van der Waals surface area contributed by atoms with Gasteiger partial charge in [-0.25, -0.2) is 0 Å². The van der Waals surface area contributed by atoms with Gasteiger partial charge in [-0.05, 0) is 48.1 Å². The van der Waals surface area contributed by atoms with Crippen molar-refractivity contribution < 1.29 is 4.79 Å². The molecule has 0 bridgehead atoms. The lowest BCUT2D eigenvalue weighted by Gasteiger charge is -2.36. The van der Waals surface area contributed by atoms with Gasteiger partial charge in [-0.2, -0.15) is 0 Å². The normalized spacial score (nSPS) is 24.4. The molecule has 1 heterocycles. The molecule has 3 heteroatoms. The van der Waals surface area contributed by atoms with E-state index in [0.717, 1.165) is 13.0 Å². The Hall–Kier alpha value is -1.77. The zero-order valence-corrected chi connectivity index (χ0v) is 15.2. The molecule has 2 aromatic rings. The second-order valence-corrected chi connectivity index (χ2v) is 7.79. The Morgan fingerprint density at radius 3 is 2.83 bits per heavy atom. The van der Waals surface area contributed by atoms with Gasteiger partial charge in [0.1, 0.15) is 0 Å². The van der Waals surface area contributed by atoms with Crippen LogP contribution in [-0.2, 0) is 11.3 Å². The minimum Gasteiger partial charge on any atom is -0.354 e. The molecule has 130 valence electrons. The van der Waals surface area contributed by atoms with Crippen LogP contribution in [0.15, 0.2) is 36.5 Å².